The normalized spacial score (nSPS) is 28.2. The molecule has 0 aromatic carbocycles. The molecule has 0 aromatic rings. The van der Waals surface area contributed by atoms with E-state index in [2.05, 4.69) is 4.74 Å². The maximum Gasteiger partial charge on any atom is 0.138 e. The molecule has 0 fully saturated rings. The summed E-state index contributed by atoms with van der Waals surface area (Å²) >= 11 is 0. The fourth-order valence-corrected chi connectivity index (χ4v) is 0.468. The lowest BCUT2D eigenvalue weighted by Gasteiger charge is -2.01. The van der Waals surface area contributed by atoms with Crippen molar-refractivity contribution in [1.29, 1.82) is 0 Å². The zero-order valence-corrected chi connectivity index (χ0v) is 4.09. The van der Waals surface area contributed by atoms with Gasteiger partial charge in [0.2, 0.25) is 0 Å². The minimum Gasteiger partial charge on any atom is -0.542 e. The fourth-order valence-electron chi connectivity index (χ4n) is 0.468. The quantitative estimate of drug-likeness (QED) is 0.441. The molecule has 0 amide bonds. The molecule has 0 N–H and O–H groups in total. The summed E-state index contributed by atoms with van der Waals surface area (Å²) in [7, 11) is 0. The molecular weight excluding hydrogens is 108 g/mol. The summed E-state index contributed by atoms with van der Waals surface area (Å²) in [6.45, 7) is 0.128. The van der Waals surface area contributed by atoms with Gasteiger partial charge in [-0.3, -0.25) is 0 Å². The standard InChI is InChI=1S/C5H6O3/c6-5(7)4-2-1-3-8-4/h2H,1,3H2,(H,6,7)/p-1/i1D. The van der Waals surface area contributed by atoms with Crippen LogP contribution in [-0.4, -0.2) is 12.6 Å². The van der Waals surface area contributed by atoms with Crippen LogP contribution in [0.4, 0.5) is 0 Å². The number of aliphatic carboxylic acids is 1. The van der Waals surface area contributed by atoms with Crippen LogP contribution in [-0.2, 0) is 9.53 Å². The average molecular weight is 114 g/mol. The van der Waals surface area contributed by atoms with E-state index in [4.69, 9.17) is 1.37 Å². The van der Waals surface area contributed by atoms with Crippen molar-refractivity contribution < 1.29 is 16.0 Å². The van der Waals surface area contributed by atoms with Crippen molar-refractivity contribution >= 4 is 5.97 Å². The number of carboxylic acid groups (broad SMARTS) is 1. The van der Waals surface area contributed by atoms with E-state index in [-0.39, 0.29) is 12.4 Å². The largest absolute Gasteiger partial charge is 0.542 e. The van der Waals surface area contributed by atoms with Crippen molar-refractivity contribution in [1.82, 2.24) is 0 Å². The maximum atomic E-state index is 9.96. The van der Waals surface area contributed by atoms with Gasteiger partial charge in [0.1, 0.15) is 11.7 Å². The average Bonchev–Trinajstić information content (AvgIpc) is 2.14. The van der Waals surface area contributed by atoms with Crippen molar-refractivity contribution in [3.05, 3.63) is 11.8 Å². The van der Waals surface area contributed by atoms with E-state index in [1.54, 1.807) is 0 Å². The second-order valence-electron chi connectivity index (χ2n) is 1.37. The van der Waals surface area contributed by atoms with Gasteiger partial charge in [0.05, 0.1) is 6.61 Å². The monoisotopic (exact) mass is 114 g/mol. The van der Waals surface area contributed by atoms with E-state index in [9.17, 15) is 9.90 Å². The van der Waals surface area contributed by atoms with Crippen LogP contribution in [0.15, 0.2) is 11.8 Å². The molecule has 1 aliphatic heterocycles. The topological polar surface area (TPSA) is 49.4 Å². The molecule has 0 radical (unpaired) electrons. The highest BCUT2D eigenvalue weighted by Gasteiger charge is 2.03. The smallest absolute Gasteiger partial charge is 0.138 e. The van der Waals surface area contributed by atoms with Gasteiger partial charge in [-0.1, -0.05) is 0 Å². The van der Waals surface area contributed by atoms with E-state index in [0.717, 1.165) is 0 Å². The van der Waals surface area contributed by atoms with Gasteiger partial charge in [-0.2, -0.15) is 0 Å². The maximum absolute atomic E-state index is 9.96. The molecule has 1 atom stereocenters. The predicted molar refractivity (Wildman–Crippen MR) is 23.7 cm³/mol. The van der Waals surface area contributed by atoms with Crippen LogP contribution in [0.3, 0.4) is 0 Å². The molecule has 0 aromatic heterocycles. The number of carbonyl (C=O) groups is 1. The molecule has 0 saturated heterocycles. The summed E-state index contributed by atoms with van der Waals surface area (Å²) < 4.78 is 11.5. The minimum absolute atomic E-state index is 0.128. The van der Waals surface area contributed by atoms with Crippen LogP contribution >= 0.6 is 0 Å². The number of ether oxygens (including phenoxy) is 1. The van der Waals surface area contributed by atoms with E-state index >= 15 is 0 Å². The number of hydrogen-bond donors (Lipinski definition) is 0. The summed E-state index contributed by atoms with van der Waals surface area (Å²) in [6, 6.07) is 0. The number of hydrogen-bond acceptors (Lipinski definition) is 3. The molecule has 0 saturated carbocycles. The highest BCUT2D eigenvalue weighted by atomic mass is 16.5. The van der Waals surface area contributed by atoms with Crippen molar-refractivity contribution in [2.75, 3.05) is 6.61 Å². The Kier molecular flexibility index (Phi) is 0.917. The zero-order chi connectivity index (χ0) is 6.85. The van der Waals surface area contributed by atoms with Gasteiger partial charge in [0.15, 0.2) is 0 Å². The van der Waals surface area contributed by atoms with E-state index in [1.807, 2.05) is 0 Å². The first kappa shape index (κ1) is 3.95. The molecule has 0 aliphatic carbocycles. The van der Waals surface area contributed by atoms with Gasteiger partial charge in [0.25, 0.3) is 0 Å². The summed E-state index contributed by atoms with van der Waals surface area (Å²) in [4.78, 5) is 9.96. The van der Waals surface area contributed by atoms with Gasteiger partial charge in [-0.25, -0.2) is 0 Å². The highest BCUT2D eigenvalue weighted by Crippen LogP contribution is 2.06. The Bertz CT molecular complexity index is 164. The minimum atomic E-state index is -1.34. The third kappa shape index (κ3) is 0.804. The van der Waals surface area contributed by atoms with Gasteiger partial charge in [-0.15, -0.1) is 0 Å². The molecule has 0 spiro atoms. The summed E-state index contributed by atoms with van der Waals surface area (Å²) in [6.07, 6.45) is 0.674. The van der Waals surface area contributed by atoms with E-state index in [1.165, 1.54) is 6.08 Å². The Labute approximate surface area is 48.0 Å². The Balaban J connectivity index is 2.62. The Morgan fingerprint density at radius 1 is 2.12 bits per heavy atom. The van der Waals surface area contributed by atoms with Gasteiger partial charge in [0, 0.05) is 7.77 Å². The van der Waals surface area contributed by atoms with Crippen molar-refractivity contribution in [2.24, 2.45) is 0 Å². The highest BCUT2D eigenvalue weighted by molar-refractivity contribution is 5.82. The molecule has 1 heterocycles. The number of carbonyl (C=O) groups excluding carboxylic acids is 1. The van der Waals surface area contributed by atoms with Crippen LogP contribution in [0.25, 0.3) is 0 Å². The molecule has 1 unspecified atom stereocenters. The number of rotatable bonds is 1. The van der Waals surface area contributed by atoms with Crippen LogP contribution in [0, 0.1) is 0 Å². The van der Waals surface area contributed by atoms with Gasteiger partial charge < -0.3 is 14.6 Å². The summed E-state index contributed by atoms with van der Waals surface area (Å²) in [5, 5.41) is 9.96. The first-order chi connectivity index (χ1) is 4.20. The first-order valence-electron chi connectivity index (χ1n) is 2.76. The molecule has 0 bridgehead atoms. The molecule has 44 valence electrons. The lowest BCUT2D eigenvalue weighted by Crippen LogP contribution is -2.24. The Morgan fingerprint density at radius 2 is 2.88 bits per heavy atom. The van der Waals surface area contributed by atoms with Gasteiger partial charge in [-0.05, 0) is 6.08 Å². The third-order valence-corrected chi connectivity index (χ3v) is 0.805. The predicted octanol–water partition coefficient (Wildman–Crippen LogP) is -0.960. The van der Waals surface area contributed by atoms with Crippen LogP contribution < -0.4 is 5.11 Å². The fraction of sp³-hybridized carbons (Fsp3) is 0.400. The molecule has 3 heteroatoms. The summed E-state index contributed by atoms with van der Waals surface area (Å²) in [5.74, 6) is -1.56. The first-order valence-corrected chi connectivity index (χ1v) is 2.18. The lowest BCUT2D eigenvalue weighted by molar-refractivity contribution is -0.302. The Morgan fingerprint density at radius 3 is 3.12 bits per heavy atom. The molecule has 1 aliphatic rings. The van der Waals surface area contributed by atoms with Crippen LogP contribution in [0.1, 0.15) is 7.77 Å². The van der Waals surface area contributed by atoms with E-state index in [0.29, 0.717) is 0 Å². The lowest BCUT2D eigenvalue weighted by atomic mass is 10.4. The molecule has 3 nitrogen and oxygen atoms in total. The van der Waals surface area contributed by atoms with Crippen molar-refractivity contribution in [3.63, 3.8) is 0 Å². The zero-order valence-electron chi connectivity index (χ0n) is 5.09. The SMILES string of the molecule is [2H]C1C=C(C(=O)[O-])OC1. The summed E-state index contributed by atoms with van der Waals surface area (Å²) in [5.41, 5.74) is 0. The van der Waals surface area contributed by atoms with Crippen LogP contribution in [0.5, 0.6) is 0 Å². The third-order valence-electron chi connectivity index (χ3n) is 0.805. The Hall–Kier alpha value is -0.990. The second-order valence-corrected chi connectivity index (χ2v) is 1.37. The van der Waals surface area contributed by atoms with Gasteiger partial charge >= 0.3 is 0 Å². The second kappa shape index (κ2) is 1.86. The number of carboxylic acids is 1. The molecule has 8 heavy (non-hydrogen) atoms. The van der Waals surface area contributed by atoms with Crippen LogP contribution in [0.2, 0.25) is 0 Å². The molecule has 1 rings (SSSR count). The van der Waals surface area contributed by atoms with E-state index < -0.39 is 12.4 Å². The van der Waals surface area contributed by atoms with Crippen molar-refractivity contribution in [3.8, 4) is 0 Å². The molecular formula is C5H5O3-. The van der Waals surface area contributed by atoms with Crippen molar-refractivity contribution in [2.45, 2.75) is 6.40 Å².